The van der Waals surface area contributed by atoms with Crippen LogP contribution >= 0.6 is 0 Å². The highest BCUT2D eigenvalue weighted by molar-refractivity contribution is 5.48. The molecule has 1 heterocycles. The van der Waals surface area contributed by atoms with Gasteiger partial charge in [0.2, 0.25) is 0 Å². The van der Waals surface area contributed by atoms with Crippen LogP contribution in [0.4, 0.5) is 10.1 Å². The Morgan fingerprint density at radius 1 is 1.16 bits per heavy atom. The molecule has 1 N–H and O–H groups in total. The van der Waals surface area contributed by atoms with Crippen molar-refractivity contribution < 1.29 is 4.39 Å². The van der Waals surface area contributed by atoms with Gasteiger partial charge in [-0.1, -0.05) is 12.1 Å². The molecule has 0 atom stereocenters. The zero-order valence-electron chi connectivity index (χ0n) is 11.2. The first-order valence-corrected chi connectivity index (χ1v) is 6.22. The van der Waals surface area contributed by atoms with E-state index >= 15 is 0 Å². The number of aromatic nitrogens is 1. The first kappa shape index (κ1) is 13.5. The number of anilines is 1. The maximum absolute atomic E-state index is 13.5. The molecule has 0 bridgehead atoms. The molecule has 100 valence electrons. The SMILES string of the molecule is CN(C)c1cc(CNCc2cccnc2)ccc1F. The minimum absolute atomic E-state index is 0.194. The van der Waals surface area contributed by atoms with Crippen molar-refractivity contribution in [2.75, 3.05) is 19.0 Å². The molecule has 0 radical (unpaired) electrons. The number of nitrogens with zero attached hydrogens (tertiary/aromatic N) is 2. The van der Waals surface area contributed by atoms with Crippen molar-refractivity contribution in [3.63, 3.8) is 0 Å². The highest BCUT2D eigenvalue weighted by Gasteiger charge is 2.05. The molecular weight excluding hydrogens is 241 g/mol. The van der Waals surface area contributed by atoms with Gasteiger partial charge in [0.1, 0.15) is 5.82 Å². The lowest BCUT2D eigenvalue weighted by Gasteiger charge is -2.15. The Balaban J connectivity index is 1.95. The molecule has 0 fully saturated rings. The van der Waals surface area contributed by atoms with Crippen molar-refractivity contribution in [3.8, 4) is 0 Å². The van der Waals surface area contributed by atoms with Gasteiger partial charge in [-0.3, -0.25) is 4.98 Å². The summed E-state index contributed by atoms with van der Waals surface area (Å²) in [6, 6.07) is 9.12. The maximum atomic E-state index is 13.5. The molecule has 0 aliphatic rings. The fourth-order valence-corrected chi connectivity index (χ4v) is 1.86. The molecule has 2 rings (SSSR count). The minimum atomic E-state index is -0.194. The predicted octanol–water partition coefficient (Wildman–Crippen LogP) is 2.58. The fourth-order valence-electron chi connectivity index (χ4n) is 1.86. The average molecular weight is 259 g/mol. The number of rotatable bonds is 5. The molecule has 1 aromatic carbocycles. The molecule has 0 aliphatic carbocycles. The van der Waals surface area contributed by atoms with Crippen LogP contribution in [0.2, 0.25) is 0 Å². The van der Waals surface area contributed by atoms with Gasteiger partial charge in [-0.05, 0) is 29.3 Å². The number of benzene rings is 1. The van der Waals surface area contributed by atoms with Crippen LogP contribution in [0.3, 0.4) is 0 Å². The number of halogens is 1. The molecule has 0 spiro atoms. The Kier molecular flexibility index (Phi) is 4.47. The van der Waals surface area contributed by atoms with Crippen molar-refractivity contribution >= 4 is 5.69 Å². The zero-order chi connectivity index (χ0) is 13.7. The van der Waals surface area contributed by atoms with Gasteiger partial charge in [0.05, 0.1) is 5.69 Å². The van der Waals surface area contributed by atoms with E-state index in [0.717, 1.165) is 17.7 Å². The van der Waals surface area contributed by atoms with Gasteiger partial charge < -0.3 is 10.2 Å². The Hall–Kier alpha value is -1.94. The first-order chi connectivity index (χ1) is 9.16. The van der Waals surface area contributed by atoms with E-state index in [-0.39, 0.29) is 5.82 Å². The summed E-state index contributed by atoms with van der Waals surface area (Å²) in [5.74, 6) is -0.194. The highest BCUT2D eigenvalue weighted by Crippen LogP contribution is 2.18. The lowest BCUT2D eigenvalue weighted by molar-refractivity contribution is 0.623. The van der Waals surface area contributed by atoms with E-state index in [1.165, 1.54) is 6.07 Å². The normalized spacial score (nSPS) is 10.5. The number of nitrogens with one attached hydrogen (secondary N) is 1. The average Bonchev–Trinajstić information content (AvgIpc) is 2.41. The summed E-state index contributed by atoms with van der Waals surface area (Å²) in [5, 5.41) is 3.32. The minimum Gasteiger partial charge on any atom is -0.375 e. The third-order valence-corrected chi connectivity index (χ3v) is 2.87. The Labute approximate surface area is 113 Å². The smallest absolute Gasteiger partial charge is 0.146 e. The first-order valence-electron chi connectivity index (χ1n) is 6.22. The topological polar surface area (TPSA) is 28.2 Å². The summed E-state index contributed by atoms with van der Waals surface area (Å²) in [5.41, 5.74) is 2.81. The van der Waals surface area contributed by atoms with Gasteiger partial charge in [-0.15, -0.1) is 0 Å². The van der Waals surface area contributed by atoms with Gasteiger partial charge in [0.15, 0.2) is 0 Å². The number of hydrogen-bond donors (Lipinski definition) is 1. The summed E-state index contributed by atoms with van der Waals surface area (Å²) in [7, 11) is 3.68. The summed E-state index contributed by atoms with van der Waals surface area (Å²) in [4.78, 5) is 5.84. The van der Waals surface area contributed by atoms with E-state index in [0.29, 0.717) is 12.2 Å². The molecule has 0 aliphatic heterocycles. The quantitative estimate of drug-likeness (QED) is 0.894. The summed E-state index contributed by atoms with van der Waals surface area (Å²) < 4.78 is 13.5. The molecular formula is C15H18FN3. The van der Waals surface area contributed by atoms with E-state index in [4.69, 9.17) is 0 Å². The van der Waals surface area contributed by atoms with Crippen molar-refractivity contribution in [1.82, 2.24) is 10.3 Å². The van der Waals surface area contributed by atoms with Crippen LogP contribution < -0.4 is 10.2 Å². The molecule has 3 nitrogen and oxygen atoms in total. The van der Waals surface area contributed by atoms with E-state index in [1.54, 1.807) is 17.2 Å². The van der Waals surface area contributed by atoms with Gasteiger partial charge in [0.25, 0.3) is 0 Å². The van der Waals surface area contributed by atoms with Crippen LogP contribution in [-0.2, 0) is 13.1 Å². The summed E-state index contributed by atoms with van der Waals surface area (Å²) in [6.45, 7) is 1.46. The third kappa shape index (κ3) is 3.76. The molecule has 0 amide bonds. The van der Waals surface area contributed by atoms with Crippen LogP contribution in [0.15, 0.2) is 42.7 Å². The summed E-state index contributed by atoms with van der Waals surface area (Å²) >= 11 is 0. The molecule has 2 aromatic rings. The molecule has 0 unspecified atom stereocenters. The summed E-state index contributed by atoms with van der Waals surface area (Å²) in [6.07, 6.45) is 3.59. The van der Waals surface area contributed by atoms with Gasteiger partial charge in [-0.2, -0.15) is 0 Å². The largest absolute Gasteiger partial charge is 0.375 e. The fraction of sp³-hybridized carbons (Fsp3) is 0.267. The maximum Gasteiger partial charge on any atom is 0.146 e. The van der Waals surface area contributed by atoms with Gasteiger partial charge >= 0.3 is 0 Å². The Bertz CT molecular complexity index is 526. The van der Waals surface area contributed by atoms with E-state index < -0.39 is 0 Å². The Morgan fingerprint density at radius 3 is 2.63 bits per heavy atom. The van der Waals surface area contributed by atoms with E-state index in [1.807, 2.05) is 38.5 Å². The monoisotopic (exact) mass is 259 g/mol. The van der Waals surface area contributed by atoms with Crippen molar-refractivity contribution in [2.24, 2.45) is 0 Å². The lowest BCUT2D eigenvalue weighted by atomic mass is 10.1. The van der Waals surface area contributed by atoms with Crippen LogP contribution in [0.25, 0.3) is 0 Å². The highest BCUT2D eigenvalue weighted by atomic mass is 19.1. The van der Waals surface area contributed by atoms with Crippen molar-refractivity contribution in [3.05, 3.63) is 59.7 Å². The molecule has 0 saturated carbocycles. The van der Waals surface area contributed by atoms with E-state index in [9.17, 15) is 4.39 Å². The second-order valence-corrected chi connectivity index (χ2v) is 4.65. The molecule has 19 heavy (non-hydrogen) atoms. The number of hydrogen-bond acceptors (Lipinski definition) is 3. The second-order valence-electron chi connectivity index (χ2n) is 4.65. The zero-order valence-corrected chi connectivity index (χ0v) is 11.2. The second kappa shape index (κ2) is 6.29. The van der Waals surface area contributed by atoms with Crippen molar-refractivity contribution in [1.29, 1.82) is 0 Å². The molecule has 1 aromatic heterocycles. The number of pyridine rings is 1. The van der Waals surface area contributed by atoms with Crippen LogP contribution in [0, 0.1) is 5.82 Å². The van der Waals surface area contributed by atoms with Gasteiger partial charge in [-0.25, -0.2) is 4.39 Å². The standard InChI is InChI=1S/C15H18FN3/c1-19(2)15-8-12(5-6-14(15)16)9-18-11-13-4-3-7-17-10-13/h3-8,10,18H,9,11H2,1-2H3. The van der Waals surface area contributed by atoms with Crippen LogP contribution in [0.1, 0.15) is 11.1 Å². The van der Waals surface area contributed by atoms with Crippen LogP contribution in [0.5, 0.6) is 0 Å². The third-order valence-electron chi connectivity index (χ3n) is 2.87. The van der Waals surface area contributed by atoms with Crippen molar-refractivity contribution in [2.45, 2.75) is 13.1 Å². The van der Waals surface area contributed by atoms with Gasteiger partial charge in [0, 0.05) is 39.6 Å². The lowest BCUT2D eigenvalue weighted by Crippen LogP contribution is -2.15. The van der Waals surface area contributed by atoms with Crippen LogP contribution in [-0.4, -0.2) is 19.1 Å². The Morgan fingerprint density at radius 2 is 1.95 bits per heavy atom. The molecule has 4 heteroatoms. The molecule has 0 saturated heterocycles. The van der Waals surface area contributed by atoms with E-state index in [2.05, 4.69) is 10.3 Å². The predicted molar refractivity (Wildman–Crippen MR) is 75.5 cm³/mol.